The van der Waals surface area contributed by atoms with Gasteiger partial charge in [-0.1, -0.05) is 0 Å². The Morgan fingerprint density at radius 2 is 1.82 bits per heavy atom. The van der Waals surface area contributed by atoms with Crippen molar-refractivity contribution in [3.05, 3.63) is 0 Å². The summed E-state index contributed by atoms with van der Waals surface area (Å²) < 4.78 is 0. The molecule has 2 fully saturated rings. The Balaban J connectivity index is 0.000000605. The second-order valence-corrected chi connectivity index (χ2v) is 3.28. The first-order valence-corrected chi connectivity index (χ1v) is 4.10. The van der Waals surface area contributed by atoms with E-state index in [4.69, 9.17) is 5.73 Å². The van der Waals surface area contributed by atoms with E-state index in [2.05, 4.69) is 10.6 Å². The molecule has 2 saturated heterocycles. The maximum absolute atomic E-state index is 5.87. The first kappa shape index (κ1) is 10.0. The third-order valence-electron chi connectivity index (χ3n) is 2.70. The molecule has 2 aliphatic rings. The second kappa shape index (κ2) is 4.25. The fraction of sp³-hybridized carbons (Fsp3) is 1.00. The van der Waals surface area contributed by atoms with Gasteiger partial charge in [0.1, 0.15) is 0 Å². The molecule has 62 valence electrons. The SMILES string of the molecule is NC1NCCC2NCCC12.[U]. The topological polar surface area (TPSA) is 50.1 Å². The van der Waals surface area contributed by atoms with Crippen molar-refractivity contribution in [1.82, 2.24) is 10.6 Å². The number of piperidine rings is 1. The van der Waals surface area contributed by atoms with Crippen LogP contribution in [0.25, 0.3) is 0 Å². The molecule has 0 aromatic rings. The molecule has 4 N–H and O–H groups in total. The standard InChI is InChI=1S/C7H15N3.U/c8-7-5-1-3-9-6(5)2-4-10-7;/h5-7,9-10H,1-4,8H2;. The minimum absolute atomic E-state index is 0. The van der Waals surface area contributed by atoms with Crippen LogP contribution in [0.2, 0.25) is 0 Å². The Kier molecular flexibility index (Phi) is 3.87. The van der Waals surface area contributed by atoms with E-state index in [9.17, 15) is 0 Å². The van der Waals surface area contributed by atoms with Crippen LogP contribution in [0, 0.1) is 37.0 Å². The Morgan fingerprint density at radius 3 is 2.55 bits per heavy atom. The van der Waals surface area contributed by atoms with Crippen molar-refractivity contribution >= 4 is 0 Å². The molecule has 0 saturated carbocycles. The van der Waals surface area contributed by atoms with Gasteiger partial charge in [0.25, 0.3) is 0 Å². The smallest absolute Gasteiger partial charge is 0.0590 e. The van der Waals surface area contributed by atoms with E-state index in [1.54, 1.807) is 0 Å². The molecule has 0 amide bonds. The van der Waals surface area contributed by atoms with Gasteiger partial charge < -0.3 is 16.4 Å². The molecular formula is C7H15N3U. The van der Waals surface area contributed by atoms with Gasteiger partial charge in [0, 0.05) is 43.1 Å². The van der Waals surface area contributed by atoms with E-state index in [0.29, 0.717) is 12.0 Å². The minimum Gasteiger partial charge on any atom is -0.316 e. The van der Waals surface area contributed by atoms with Crippen LogP contribution in [-0.2, 0) is 0 Å². The maximum atomic E-state index is 5.87. The van der Waals surface area contributed by atoms with Gasteiger partial charge in [-0.15, -0.1) is 0 Å². The normalized spacial score (nSPS) is 42.8. The zero-order valence-corrected chi connectivity index (χ0v) is 10.8. The van der Waals surface area contributed by atoms with Crippen LogP contribution in [-0.4, -0.2) is 25.3 Å². The van der Waals surface area contributed by atoms with E-state index in [-0.39, 0.29) is 37.3 Å². The van der Waals surface area contributed by atoms with Crippen molar-refractivity contribution in [2.24, 2.45) is 11.7 Å². The average Bonchev–Trinajstić information content (AvgIpc) is 2.36. The quantitative estimate of drug-likeness (QED) is 0.519. The minimum atomic E-state index is 0. The summed E-state index contributed by atoms with van der Waals surface area (Å²) in [4.78, 5) is 0. The van der Waals surface area contributed by atoms with E-state index in [0.717, 1.165) is 13.1 Å². The van der Waals surface area contributed by atoms with E-state index >= 15 is 0 Å². The molecule has 0 radical (unpaired) electrons. The molecule has 11 heavy (non-hydrogen) atoms. The first-order chi connectivity index (χ1) is 4.88. The maximum Gasteiger partial charge on any atom is 0.0590 e. The summed E-state index contributed by atoms with van der Waals surface area (Å²) in [6.07, 6.45) is 2.74. The molecule has 0 aromatic carbocycles. The molecule has 0 aromatic heterocycles. The van der Waals surface area contributed by atoms with E-state index in [1.165, 1.54) is 12.8 Å². The fourth-order valence-electron chi connectivity index (χ4n) is 2.09. The summed E-state index contributed by atoms with van der Waals surface area (Å²) in [5.41, 5.74) is 5.87. The second-order valence-electron chi connectivity index (χ2n) is 3.28. The predicted octanol–water partition coefficient (Wildman–Crippen LogP) is -0.757. The molecule has 2 heterocycles. The molecule has 2 rings (SSSR count). The molecular weight excluding hydrogens is 364 g/mol. The number of nitrogens with one attached hydrogen (secondary N) is 2. The summed E-state index contributed by atoms with van der Waals surface area (Å²) in [5, 5.41) is 6.76. The Bertz CT molecular complexity index is 131. The predicted molar refractivity (Wildman–Crippen MR) is 40.5 cm³/mol. The monoisotopic (exact) mass is 379 g/mol. The molecule has 2 aliphatic heterocycles. The van der Waals surface area contributed by atoms with Crippen LogP contribution in [0.4, 0.5) is 0 Å². The number of nitrogens with two attached hydrogens (primary N) is 1. The van der Waals surface area contributed by atoms with Crippen molar-refractivity contribution in [3.63, 3.8) is 0 Å². The van der Waals surface area contributed by atoms with Crippen LogP contribution in [0.3, 0.4) is 0 Å². The van der Waals surface area contributed by atoms with Crippen molar-refractivity contribution in [3.8, 4) is 0 Å². The Hall–Kier alpha value is 0.932. The number of hydrogen-bond acceptors (Lipinski definition) is 3. The van der Waals surface area contributed by atoms with Crippen molar-refractivity contribution < 1.29 is 31.1 Å². The van der Waals surface area contributed by atoms with Crippen molar-refractivity contribution in [2.75, 3.05) is 13.1 Å². The molecule has 3 atom stereocenters. The van der Waals surface area contributed by atoms with Gasteiger partial charge in [-0.25, -0.2) is 0 Å². The third kappa shape index (κ3) is 1.99. The molecule has 3 nitrogen and oxygen atoms in total. The van der Waals surface area contributed by atoms with Gasteiger partial charge >= 0.3 is 0 Å². The Morgan fingerprint density at radius 1 is 1.09 bits per heavy atom. The van der Waals surface area contributed by atoms with Crippen molar-refractivity contribution in [2.45, 2.75) is 25.0 Å². The van der Waals surface area contributed by atoms with Crippen LogP contribution < -0.4 is 16.4 Å². The fourth-order valence-corrected chi connectivity index (χ4v) is 2.09. The van der Waals surface area contributed by atoms with Gasteiger partial charge in [-0.05, 0) is 25.9 Å². The zero-order valence-electron chi connectivity index (χ0n) is 6.64. The summed E-state index contributed by atoms with van der Waals surface area (Å²) in [7, 11) is 0. The van der Waals surface area contributed by atoms with Gasteiger partial charge in [-0.3, -0.25) is 0 Å². The average molecular weight is 379 g/mol. The number of hydrogen-bond donors (Lipinski definition) is 3. The summed E-state index contributed by atoms with van der Waals surface area (Å²) in [6, 6.07) is 0.705. The summed E-state index contributed by atoms with van der Waals surface area (Å²) in [5.74, 6) is 0.689. The molecule has 0 spiro atoms. The molecule has 0 aliphatic carbocycles. The summed E-state index contributed by atoms with van der Waals surface area (Å²) >= 11 is 0. The van der Waals surface area contributed by atoms with Crippen LogP contribution in [0.15, 0.2) is 0 Å². The van der Waals surface area contributed by atoms with E-state index in [1.807, 2.05) is 0 Å². The zero-order chi connectivity index (χ0) is 6.97. The molecule has 0 bridgehead atoms. The third-order valence-corrected chi connectivity index (χ3v) is 2.70. The Labute approximate surface area is 91.2 Å². The van der Waals surface area contributed by atoms with Crippen LogP contribution in [0.1, 0.15) is 12.8 Å². The van der Waals surface area contributed by atoms with Gasteiger partial charge in [0.2, 0.25) is 0 Å². The molecule has 3 unspecified atom stereocenters. The van der Waals surface area contributed by atoms with Crippen LogP contribution in [0.5, 0.6) is 0 Å². The first-order valence-electron chi connectivity index (χ1n) is 4.10. The van der Waals surface area contributed by atoms with Gasteiger partial charge in [0.15, 0.2) is 0 Å². The summed E-state index contributed by atoms with van der Waals surface area (Å²) in [6.45, 7) is 2.24. The number of rotatable bonds is 0. The van der Waals surface area contributed by atoms with Crippen molar-refractivity contribution in [1.29, 1.82) is 0 Å². The number of fused-ring (bicyclic) bond motifs is 1. The van der Waals surface area contributed by atoms with Gasteiger partial charge in [0.05, 0.1) is 6.17 Å². The largest absolute Gasteiger partial charge is 0.316 e. The van der Waals surface area contributed by atoms with E-state index < -0.39 is 0 Å². The van der Waals surface area contributed by atoms with Gasteiger partial charge in [-0.2, -0.15) is 0 Å². The molecule has 4 heteroatoms. The van der Waals surface area contributed by atoms with Crippen LogP contribution >= 0.6 is 0 Å².